The Morgan fingerprint density at radius 3 is 2.93 bits per heavy atom. The van der Waals surface area contributed by atoms with E-state index in [1.165, 1.54) is 18.3 Å². The van der Waals surface area contributed by atoms with Gasteiger partial charge in [0.1, 0.15) is 11.5 Å². The lowest BCUT2D eigenvalue weighted by Gasteiger charge is -2.37. The molecule has 4 rings (SSSR count). The Kier molecular flexibility index (Phi) is 4.43. The molecule has 2 aliphatic rings. The lowest BCUT2D eigenvalue weighted by molar-refractivity contribution is 0.0866. The molecule has 0 saturated heterocycles. The van der Waals surface area contributed by atoms with Crippen molar-refractivity contribution in [3.63, 3.8) is 0 Å². The fourth-order valence-corrected chi connectivity index (χ4v) is 4.48. The molecule has 1 amide bonds. The highest BCUT2D eigenvalue weighted by atomic mass is 19.1. The van der Waals surface area contributed by atoms with E-state index in [2.05, 4.69) is 27.1 Å². The van der Waals surface area contributed by atoms with Gasteiger partial charge in [0.05, 0.1) is 11.9 Å². The molecule has 0 aliphatic heterocycles. The minimum absolute atomic E-state index is 0.101. The van der Waals surface area contributed by atoms with Gasteiger partial charge in [0.2, 0.25) is 0 Å². The fraction of sp³-hybridized carbons (Fsp3) is 0.409. The Labute approximate surface area is 158 Å². The molecule has 1 aromatic carbocycles. The predicted octanol–water partition coefficient (Wildman–Crippen LogP) is 3.80. The predicted molar refractivity (Wildman–Crippen MR) is 100 cm³/mol. The minimum atomic E-state index is -0.268. The largest absolute Gasteiger partial charge is 0.345 e. The number of rotatable bonds is 2. The Morgan fingerprint density at radius 1 is 1.22 bits per heavy atom. The van der Waals surface area contributed by atoms with Crippen molar-refractivity contribution in [1.29, 1.82) is 0 Å². The summed E-state index contributed by atoms with van der Waals surface area (Å²) in [5.74, 6) is 6.15. The maximum atomic E-state index is 13.4. The van der Waals surface area contributed by atoms with Crippen LogP contribution in [0, 0.1) is 30.0 Å². The summed E-state index contributed by atoms with van der Waals surface area (Å²) < 4.78 is 13.4. The van der Waals surface area contributed by atoms with E-state index in [1.807, 2.05) is 13.0 Å². The SMILES string of the molecule is Cc1cncc(C(=O)NC23CCCC(C#Cc4cccc(F)c4)(CC2)C3)n1. The molecule has 0 radical (unpaired) electrons. The molecule has 1 aromatic heterocycles. The van der Waals surface area contributed by atoms with Crippen LogP contribution < -0.4 is 5.32 Å². The van der Waals surface area contributed by atoms with E-state index in [4.69, 9.17) is 0 Å². The molecule has 2 atom stereocenters. The van der Waals surface area contributed by atoms with Gasteiger partial charge in [-0.1, -0.05) is 17.9 Å². The third kappa shape index (κ3) is 3.71. The zero-order chi connectivity index (χ0) is 18.9. The highest BCUT2D eigenvalue weighted by Crippen LogP contribution is 2.53. The van der Waals surface area contributed by atoms with E-state index in [-0.39, 0.29) is 22.7 Å². The number of fused-ring (bicyclic) bond motifs is 2. The summed E-state index contributed by atoms with van der Waals surface area (Å²) in [5, 5.41) is 3.23. The maximum absolute atomic E-state index is 13.4. The molecule has 5 heteroatoms. The highest BCUT2D eigenvalue weighted by molar-refractivity contribution is 5.92. The fourth-order valence-electron chi connectivity index (χ4n) is 4.48. The maximum Gasteiger partial charge on any atom is 0.271 e. The lowest BCUT2D eigenvalue weighted by Crippen LogP contribution is -2.49. The summed E-state index contributed by atoms with van der Waals surface area (Å²) in [6.07, 6.45) is 8.86. The van der Waals surface area contributed by atoms with Crippen molar-refractivity contribution >= 4 is 5.91 Å². The molecule has 138 valence electrons. The van der Waals surface area contributed by atoms with Gasteiger partial charge < -0.3 is 5.32 Å². The smallest absolute Gasteiger partial charge is 0.271 e. The van der Waals surface area contributed by atoms with Crippen molar-refractivity contribution in [3.05, 3.63) is 59.4 Å². The summed E-state index contributed by atoms with van der Waals surface area (Å²) in [4.78, 5) is 21.0. The Morgan fingerprint density at radius 2 is 2.11 bits per heavy atom. The van der Waals surface area contributed by atoms with Crippen LogP contribution in [0.4, 0.5) is 4.39 Å². The first kappa shape index (κ1) is 17.7. The average Bonchev–Trinajstić information content (AvgIpc) is 2.90. The number of halogens is 1. The van der Waals surface area contributed by atoms with Gasteiger partial charge >= 0.3 is 0 Å². The van der Waals surface area contributed by atoms with Crippen LogP contribution in [0.15, 0.2) is 36.7 Å². The van der Waals surface area contributed by atoms with Gasteiger partial charge in [-0.25, -0.2) is 9.37 Å². The highest BCUT2D eigenvalue weighted by Gasteiger charge is 2.51. The molecule has 2 fully saturated rings. The van der Waals surface area contributed by atoms with Crippen LogP contribution in [0.3, 0.4) is 0 Å². The number of carbonyl (C=O) groups excluding carboxylic acids is 1. The Bertz CT molecular complexity index is 948. The molecule has 2 saturated carbocycles. The van der Waals surface area contributed by atoms with Crippen LogP contribution in [-0.2, 0) is 0 Å². The third-order valence-corrected chi connectivity index (χ3v) is 5.73. The number of benzene rings is 1. The second kappa shape index (κ2) is 6.77. The number of hydrogen-bond acceptors (Lipinski definition) is 3. The molecule has 2 aromatic rings. The van der Waals surface area contributed by atoms with Crippen LogP contribution in [0.2, 0.25) is 0 Å². The topological polar surface area (TPSA) is 54.9 Å². The second-order valence-electron chi connectivity index (χ2n) is 7.85. The quantitative estimate of drug-likeness (QED) is 0.826. The van der Waals surface area contributed by atoms with Crippen LogP contribution in [0.25, 0.3) is 0 Å². The summed E-state index contributed by atoms with van der Waals surface area (Å²) in [5.41, 5.74) is 1.46. The summed E-state index contributed by atoms with van der Waals surface area (Å²) in [6, 6.07) is 6.40. The first-order valence-corrected chi connectivity index (χ1v) is 9.38. The molecule has 1 N–H and O–H groups in total. The Balaban J connectivity index is 1.52. The van der Waals surface area contributed by atoms with E-state index in [0.29, 0.717) is 11.3 Å². The standard InChI is InChI=1S/C22H22FN3O/c1-16-13-24-14-19(25-16)20(27)26-22-8-3-7-21(15-22,10-11-22)9-6-17-4-2-5-18(23)12-17/h2,4-5,12-14H,3,7-8,10-11,15H2,1H3,(H,26,27). The number of carbonyl (C=O) groups is 1. The zero-order valence-corrected chi connectivity index (χ0v) is 15.4. The molecular weight excluding hydrogens is 341 g/mol. The van der Waals surface area contributed by atoms with Gasteiger partial charge in [0.25, 0.3) is 5.91 Å². The normalized spacial score (nSPS) is 26.1. The summed E-state index contributed by atoms with van der Waals surface area (Å²) in [7, 11) is 0. The van der Waals surface area contributed by atoms with Gasteiger partial charge in [-0.15, -0.1) is 0 Å². The number of amides is 1. The Hall–Kier alpha value is -2.74. The lowest BCUT2D eigenvalue weighted by atomic mass is 9.73. The van der Waals surface area contributed by atoms with Crippen molar-refractivity contribution in [2.75, 3.05) is 0 Å². The van der Waals surface area contributed by atoms with Crippen LogP contribution in [0.5, 0.6) is 0 Å². The summed E-state index contributed by atoms with van der Waals surface area (Å²) in [6.45, 7) is 1.82. The van der Waals surface area contributed by atoms with Crippen molar-refractivity contribution in [2.45, 2.75) is 51.0 Å². The van der Waals surface area contributed by atoms with E-state index in [1.54, 1.807) is 12.3 Å². The van der Waals surface area contributed by atoms with Gasteiger partial charge in [-0.2, -0.15) is 0 Å². The van der Waals surface area contributed by atoms with Gasteiger partial charge in [0, 0.05) is 22.7 Å². The number of nitrogens with one attached hydrogen (secondary N) is 1. The number of nitrogens with zero attached hydrogens (tertiary/aromatic N) is 2. The molecule has 1 heterocycles. The number of aryl methyl sites for hydroxylation is 1. The summed E-state index contributed by atoms with van der Waals surface area (Å²) >= 11 is 0. The van der Waals surface area contributed by atoms with Crippen molar-refractivity contribution in [2.24, 2.45) is 5.41 Å². The molecule has 27 heavy (non-hydrogen) atoms. The minimum Gasteiger partial charge on any atom is -0.345 e. The average molecular weight is 363 g/mol. The number of hydrogen-bond donors (Lipinski definition) is 1. The van der Waals surface area contributed by atoms with Gasteiger partial charge in [0.15, 0.2) is 0 Å². The van der Waals surface area contributed by atoms with Gasteiger partial charge in [-0.05, 0) is 63.6 Å². The van der Waals surface area contributed by atoms with E-state index in [9.17, 15) is 9.18 Å². The van der Waals surface area contributed by atoms with E-state index < -0.39 is 0 Å². The second-order valence-corrected chi connectivity index (χ2v) is 7.85. The molecule has 2 unspecified atom stereocenters. The van der Waals surface area contributed by atoms with Crippen LogP contribution >= 0.6 is 0 Å². The molecule has 0 spiro atoms. The van der Waals surface area contributed by atoms with Crippen molar-refractivity contribution in [1.82, 2.24) is 15.3 Å². The number of aromatic nitrogens is 2. The third-order valence-electron chi connectivity index (χ3n) is 5.73. The molecule has 2 bridgehead atoms. The molecular formula is C22H22FN3O. The monoisotopic (exact) mass is 363 g/mol. The van der Waals surface area contributed by atoms with Crippen molar-refractivity contribution in [3.8, 4) is 11.8 Å². The molecule has 2 aliphatic carbocycles. The first-order chi connectivity index (χ1) is 13.0. The van der Waals surface area contributed by atoms with Crippen LogP contribution in [-0.4, -0.2) is 21.4 Å². The van der Waals surface area contributed by atoms with Gasteiger partial charge in [-0.3, -0.25) is 9.78 Å². The zero-order valence-electron chi connectivity index (χ0n) is 15.4. The van der Waals surface area contributed by atoms with Crippen LogP contribution in [0.1, 0.15) is 60.3 Å². The van der Waals surface area contributed by atoms with E-state index >= 15 is 0 Å². The van der Waals surface area contributed by atoms with Crippen molar-refractivity contribution < 1.29 is 9.18 Å². The molecule has 4 nitrogen and oxygen atoms in total. The van der Waals surface area contributed by atoms with E-state index in [0.717, 1.165) is 44.2 Å². The first-order valence-electron chi connectivity index (χ1n) is 9.38.